The Kier molecular flexibility index (Phi) is 24.2. The summed E-state index contributed by atoms with van der Waals surface area (Å²) in [6.45, 7) is 0.00911. The summed E-state index contributed by atoms with van der Waals surface area (Å²) < 4.78 is 0. The predicted octanol–water partition coefficient (Wildman–Crippen LogP) is 24.3. The zero-order chi connectivity index (χ0) is 79.7. The molecule has 3 fully saturated rings. The molecule has 594 valence electrons. The molecule has 0 aliphatic heterocycles. The minimum atomic E-state index is -0.161. The van der Waals surface area contributed by atoms with Gasteiger partial charge in [-0.25, -0.2) is 39.9 Å². The molecule has 13 nitrogen and oxygen atoms in total. The third-order valence-corrected chi connectivity index (χ3v) is 26.2. The van der Waals surface area contributed by atoms with Crippen molar-refractivity contribution in [2.75, 3.05) is 27.9 Å². The molecule has 8 aliphatic carbocycles. The van der Waals surface area contributed by atoms with Crippen LogP contribution < -0.4 is 21.3 Å². The number of halogens is 3. The molecule has 21 rings (SSSR count). The summed E-state index contributed by atoms with van der Waals surface area (Å²) in [5.41, 5.74) is 28.0. The van der Waals surface area contributed by atoms with Gasteiger partial charge in [0.25, 0.3) is 0 Å². The van der Waals surface area contributed by atoms with Crippen LogP contribution in [0.2, 0.25) is 15.1 Å². The number of rotatable bonds is 15. The van der Waals surface area contributed by atoms with Crippen LogP contribution in [0.5, 0.6) is 0 Å². The second kappa shape index (κ2) is 36.5. The lowest BCUT2D eigenvalue weighted by atomic mass is 9.78. The molecular formula is C102H99Cl3N12O. The third kappa shape index (κ3) is 17.6. The van der Waals surface area contributed by atoms with Gasteiger partial charge in [0.15, 0.2) is 0 Å². The SMILES string of the molecule is Clc1ccc(C2Cc3cnc(NC4CCCCC4)nc3-c3ccccc32)cc1.Clc1ccccc1C1Cc2cnc(NC3CCCCC3)nc2-c2ccccc21.OCC(CC1=CCc2ccccc21)Nc1ncc2c(n1)-c1ccccc1C(c1ccc(Cl)cc1)C2.c1ccc(C2Cc3cnc(NC4CCCCC4)nc3-c3ccccc32)cc1. The van der Waals surface area contributed by atoms with Gasteiger partial charge in [-0.1, -0.05) is 293 Å². The van der Waals surface area contributed by atoms with Crippen LogP contribution in [-0.2, 0) is 32.1 Å². The minimum absolute atomic E-state index is 0.00911. The molecule has 0 spiro atoms. The first kappa shape index (κ1) is 78.3. The lowest BCUT2D eigenvalue weighted by molar-refractivity contribution is 0.275. The normalized spacial score (nSPS) is 18.3. The highest BCUT2D eigenvalue weighted by Gasteiger charge is 2.34. The Morgan fingerprint density at radius 2 is 0.653 bits per heavy atom. The molecule has 0 bridgehead atoms. The lowest BCUT2D eigenvalue weighted by Gasteiger charge is -2.29. The number of aliphatic hydroxyl groups is 1. The molecule has 5 atom stereocenters. The monoisotopic (exact) mass is 1610 g/mol. The smallest absolute Gasteiger partial charge is 0.223 e. The molecule has 3 saturated carbocycles. The van der Waals surface area contributed by atoms with E-state index in [-0.39, 0.29) is 24.5 Å². The zero-order valence-electron chi connectivity index (χ0n) is 66.6. The van der Waals surface area contributed by atoms with E-state index in [2.05, 4.69) is 235 Å². The molecular weight excluding hydrogens is 1520 g/mol. The van der Waals surface area contributed by atoms with Crippen molar-refractivity contribution in [2.24, 2.45) is 0 Å². The fourth-order valence-electron chi connectivity index (χ4n) is 19.3. The summed E-state index contributed by atoms with van der Waals surface area (Å²) in [5.74, 6) is 4.01. The molecule has 16 heteroatoms. The first-order valence-electron chi connectivity index (χ1n) is 42.7. The topological polar surface area (TPSA) is 171 Å². The molecule has 0 radical (unpaired) electrons. The third-order valence-electron chi connectivity index (χ3n) is 25.3. The summed E-state index contributed by atoms with van der Waals surface area (Å²) in [7, 11) is 0. The van der Waals surface area contributed by atoms with Crippen LogP contribution >= 0.6 is 34.8 Å². The van der Waals surface area contributed by atoms with Crippen LogP contribution in [0.3, 0.4) is 0 Å². The number of hydrogen-bond acceptors (Lipinski definition) is 13. The van der Waals surface area contributed by atoms with Crippen molar-refractivity contribution >= 4 is 64.2 Å². The van der Waals surface area contributed by atoms with Crippen LogP contribution in [0.15, 0.2) is 255 Å². The van der Waals surface area contributed by atoms with Gasteiger partial charge in [-0.2, -0.15) is 0 Å². The van der Waals surface area contributed by atoms with Gasteiger partial charge in [0.1, 0.15) is 0 Å². The van der Waals surface area contributed by atoms with Crippen molar-refractivity contribution in [3.8, 4) is 45.0 Å². The van der Waals surface area contributed by atoms with E-state index in [1.165, 1.54) is 191 Å². The van der Waals surface area contributed by atoms with Gasteiger partial charge in [-0.05, 0) is 191 Å². The van der Waals surface area contributed by atoms with Crippen molar-refractivity contribution in [2.45, 2.75) is 183 Å². The Bertz CT molecular complexity index is 5710. The second-order valence-corrected chi connectivity index (χ2v) is 34.2. The maximum Gasteiger partial charge on any atom is 0.223 e. The summed E-state index contributed by atoms with van der Waals surface area (Å²) in [6, 6.07) is 79.5. The van der Waals surface area contributed by atoms with Crippen molar-refractivity contribution in [1.82, 2.24) is 39.9 Å². The number of nitrogens with one attached hydrogen (secondary N) is 4. The minimum Gasteiger partial charge on any atom is -0.394 e. The van der Waals surface area contributed by atoms with E-state index in [9.17, 15) is 5.11 Å². The zero-order valence-corrected chi connectivity index (χ0v) is 68.9. The van der Waals surface area contributed by atoms with E-state index >= 15 is 0 Å². The highest BCUT2D eigenvalue weighted by Crippen LogP contribution is 2.48. The molecule has 118 heavy (non-hydrogen) atoms. The first-order chi connectivity index (χ1) is 58.1. The second-order valence-electron chi connectivity index (χ2n) is 32.9. The molecule has 13 aromatic rings. The standard InChI is InChI=1S/C30H26ClN3O.2C24H24ClN3.C24H25N3/c31-23-13-11-20(12-14-23)28-16-22-17-32-30(34-29(22)27-8-4-3-7-26(27)28)33-24(18-35)15-21-10-9-19-5-1-2-6-25(19)21;25-22-13-7-6-11-19(22)21-14-16-15-26-24(27-17-8-2-1-3-9-17)28-23(16)20-12-5-4-10-18(20)21;25-18-12-10-16(11-13-18)22-14-17-15-26-24(27-19-6-2-1-3-7-19)28-23(17)21-9-5-4-8-20(21)22;1-3-9-17(10-4-1)22-15-18-16-25-24(26-19-11-5-2-6-12-19)27-23(18)21-14-8-7-13-20(21)22/h1-8,10-14,17,24,28,35H,9,15-16,18H2,(H,32,33,34);4-7,10-13,15,17,21H,1-3,8-9,14H2,(H,26,27,28);4-5,8-13,15,19,22H,1-3,6-7,14H2,(H,26,27,28);1,3-4,7-10,13-14,16,19,22H,2,5-6,11-12,15H2,(H,25,26,27). The van der Waals surface area contributed by atoms with Crippen LogP contribution in [-0.4, -0.2) is 75.8 Å². The quantitative estimate of drug-likeness (QED) is 0.0657. The van der Waals surface area contributed by atoms with Crippen LogP contribution in [0.1, 0.15) is 204 Å². The average molecular weight is 1620 g/mol. The Labute approximate surface area is 708 Å². The summed E-state index contributed by atoms with van der Waals surface area (Å²) >= 11 is 18.8. The van der Waals surface area contributed by atoms with Gasteiger partial charge in [0.05, 0.1) is 35.4 Å². The molecule has 4 heterocycles. The number of allylic oxidation sites excluding steroid dienone is 1. The van der Waals surface area contributed by atoms with E-state index in [1.807, 2.05) is 61.2 Å². The fourth-order valence-corrected chi connectivity index (χ4v) is 19.8. The Balaban J connectivity index is 0.000000109. The molecule has 0 amide bonds. The number of anilines is 4. The molecule has 9 aromatic carbocycles. The van der Waals surface area contributed by atoms with E-state index in [0.29, 0.717) is 35.9 Å². The van der Waals surface area contributed by atoms with Crippen molar-refractivity contribution in [3.63, 3.8) is 0 Å². The first-order valence-corrected chi connectivity index (χ1v) is 43.8. The van der Waals surface area contributed by atoms with Crippen LogP contribution in [0.25, 0.3) is 50.6 Å². The molecule has 0 saturated heterocycles. The van der Waals surface area contributed by atoms with Crippen molar-refractivity contribution in [1.29, 1.82) is 0 Å². The number of fused-ring (bicyclic) bond motifs is 13. The van der Waals surface area contributed by atoms with E-state index < -0.39 is 0 Å². The van der Waals surface area contributed by atoms with Crippen molar-refractivity contribution in [3.05, 3.63) is 348 Å². The van der Waals surface area contributed by atoms with Gasteiger partial charge in [-0.3, -0.25) is 0 Å². The highest BCUT2D eigenvalue weighted by atomic mass is 35.5. The molecule has 8 aliphatic rings. The fraction of sp³-hybridized carbons (Fsp3) is 0.294. The Morgan fingerprint density at radius 1 is 0.322 bits per heavy atom. The Morgan fingerprint density at radius 3 is 1.06 bits per heavy atom. The number of nitrogens with zero attached hydrogens (tertiary/aromatic N) is 8. The maximum absolute atomic E-state index is 10.1. The van der Waals surface area contributed by atoms with E-state index in [4.69, 9.17) is 54.7 Å². The molecule has 4 aromatic heterocycles. The molecule has 5 N–H and O–H groups in total. The number of benzene rings is 9. The van der Waals surface area contributed by atoms with Gasteiger partial charge in [0.2, 0.25) is 23.8 Å². The average Bonchev–Trinajstić information content (AvgIpc) is 0.961. The predicted molar refractivity (Wildman–Crippen MR) is 482 cm³/mol. The number of hydrogen-bond donors (Lipinski definition) is 5. The van der Waals surface area contributed by atoms with E-state index in [1.54, 1.807) is 0 Å². The van der Waals surface area contributed by atoms with Crippen LogP contribution in [0.4, 0.5) is 23.8 Å². The highest BCUT2D eigenvalue weighted by molar-refractivity contribution is 6.31. The number of aromatic nitrogens is 8. The van der Waals surface area contributed by atoms with Gasteiger partial charge >= 0.3 is 0 Å². The maximum atomic E-state index is 10.1. The number of aliphatic hydroxyl groups excluding tert-OH is 1. The van der Waals surface area contributed by atoms with E-state index in [0.717, 1.165) is 105 Å². The van der Waals surface area contributed by atoms with Gasteiger partial charge in [0, 0.05) is 104 Å². The Hall–Kier alpha value is -10.9. The van der Waals surface area contributed by atoms with Crippen LogP contribution in [0, 0.1) is 0 Å². The summed E-state index contributed by atoms with van der Waals surface area (Å²) in [5, 5.41) is 26.6. The summed E-state index contributed by atoms with van der Waals surface area (Å²) in [6.07, 6.45) is 34.7. The van der Waals surface area contributed by atoms with Crippen molar-refractivity contribution < 1.29 is 5.11 Å². The lowest BCUT2D eigenvalue weighted by Crippen LogP contribution is -2.26. The summed E-state index contributed by atoms with van der Waals surface area (Å²) in [4.78, 5) is 38.4. The van der Waals surface area contributed by atoms with Gasteiger partial charge < -0.3 is 26.4 Å². The largest absolute Gasteiger partial charge is 0.394 e. The van der Waals surface area contributed by atoms with Gasteiger partial charge in [-0.15, -0.1) is 0 Å². The molecule has 5 unspecified atom stereocenters.